The first-order chi connectivity index (χ1) is 7.47. The van der Waals surface area contributed by atoms with Gasteiger partial charge in [-0.1, -0.05) is 13.8 Å². The fraction of sp³-hybridized carbons (Fsp3) is 0.917. The summed E-state index contributed by atoms with van der Waals surface area (Å²) in [5, 5.41) is 3.22. The van der Waals surface area contributed by atoms with E-state index in [0.717, 1.165) is 13.0 Å². The molecule has 4 nitrogen and oxygen atoms in total. The molecular formula is C12H24N2O2. The van der Waals surface area contributed by atoms with Gasteiger partial charge in [0, 0.05) is 26.7 Å². The fourth-order valence-corrected chi connectivity index (χ4v) is 1.96. The van der Waals surface area contributed by atoms with Crippen LogP contribution in [-0.4, -0.2) is 49.7 Å². The van der Waals surface area contributed by atoms with Crippen LogP contribution in [0, 0.1) is 5.92 Å². The van der Waals surface area contributed by atoms with Gasteiger partial charge in [-0.15, -0.1) is 0 Å². The number of likely N-dealkylation sites (N-methyl/N-ethyl adjacent to an activating group) is 1. The quantitative estimate of drug-likeness (QED) is 0.776. The van der Waals surface area contributed by atoms with Gasteiger partial charge in [-0.2, -0.15) is 0 Å². The number of nitrogens with one attached hydrogen (secondary N) is 1. The van der Waals surface area contributed by atoms with Gasteiger partial charge in [0.15, 0.2) is 0 Å². The van der Waals surface area contributed by atoms with E-state index < -0.39 is 0 Å². The predicted octanol–water partition coefficient (Wildman–Crippen LogP) is 0.866. The lowest BCUT2D eigenvalue weighted by atomic mass is 10.0. The van der Waals surface area contributed by atoms with Crippen molar-refractivity contribution in [3.63, 3.8) is 0 Å². The average molecular weight is 228 g/mol. The number of nitrogens with zero attached hydrogens (tertiary/aromatic N) is 1. The summed E-state index contributed by atoms with van der Waals surface area (Å²) in [7, 11) is 3.58. The summed E-state index contributed by atoms with van der Waals surface area (Å²) < 4.78 is 5.25. The highest BCUT2D eigenvalue weighted by molar-refractivity contribution is 5.82. The molecule has 0 radical (unpaired) electrons. The molecule has 0 aromatic rings. The van der Waals surface area contributed by atoms with Gasteiger partial charge in [0.05, 0.1) is 12.1 Å². The van der Waals surface area contributed by atoms with Crippen LogP contribution < -0.4 is 5.32 Å². The number of rotatable bonds is 4. The molecule has 1 saturated heterocycles. The van der Waals surface area contributed by atoms with Gasteiger partial charge in [0.2, 0.25) is 5.91 Å². The summed E-state index contributed by atoms with van der Waals surface area (Å²) in [6.07, 6.45) is 0.960. The van der Waals surface area contributed by atoms with E-state index in [1.54, 1.807) is 7.11 Å². The van der Waals surface area contributed by atoms with Crippen LogP contribution in [0.3, 0.4) is 0 Å². The van der Waals surface area contributed by atoms with Crippen molar-refractivity contribution in [2.24, 2.45) is 5.92 Å². The van der Waals surface area contributed by atoms with Gasteiger partial charge in [-0.05, 0) is 19.3 Å². The molecule has 1 aliphatic rings. The maximum absolute atomic E-state index is 12.2. The van der Waals surface area contributed by atoms with Crippen molar-refractivity contribution in [2.75, 3.05) is 20.7 Å². The van der Waals surface area contributed by atoms with Crippen molar-refractivity contribution < 1.29 is 9.53 Å². The molecule has 1 heterocycles. The van der Waals surface area contributed by atoms with Crippen LogP contribution in [0.5, 0.6) is 0 Å². The Hall–Kier alpha value is -0.610. The number of ether oxygens (including phenoxy) is 1. The van der Waals surface area contributed by atoms with Crippen LogP contribution in [0.4, 0.5) is 0 Å². The molecule has 16 heavy (non-hydrogen) atoms. The van der Waals surface area contributed by atoms with E-state index in [4.69, 9.17) is 4.74 Å². The second-order valence-corrected chi connectivity index (χ2v) is 4.99. The van der Waals surface area contributed by atoms with Crippen LogP contribution in [0.15, 0.2) is 0 Å². The third-order valence-electron chi connectivity index (χ3n) is 3.65. The summed E-state index contributed by atoms with van der Waals surface area (Å²) >= 11 is 0. The highest BCUT2D eigenvalue weighted by Gasteiger charge is 2.32. The normalized spacial score (nSPS) is 27.1. The molecular weight excluding hydrogens is 204 g/mol. The van der Waals surface area contributed by atoms with Gasteiger partial charge in [0.25, 0.3) is 0 Å². The summed E-state index contributed by atoms with van der Waals surface area (Å²) in [6.45, 7) is 7.13. The van der Waals surface area contributed by atoms with Crippen molar-refractivity contribution in [1.82, 2.24) is 10.2 Å². The van der Waals surface area contributed by atoms with Crippen LogP contribution in [0.25, 0.3) is 0 Å². The van der Waals surface area contributed by atoms with Crippen molar-refractivity contribution in [1.29, 1.82) is 0 Å². The Morgan fingerprint density at radius 2 is 2.06 bits per heavy atom. The number of methoxy groups -OCH3 is 1. The van der Waals surface area contributed by atoms with Gasteiger partial charge in [-0.3, -0.25) is 4.79 Å². The molecule has 1 fully saturated rings. The van der Waals surface area contributed by atoms with E-state index in [1.807, 2.05) is 11.9 Å². The molecule has 0 spiro atoms. The molecule has 1 rings (SSSR count). The molecule has 0 saturated carbocycles. The van der Waals surface area contributed by atoms with Crippen LogP contribution in [0.1, 0.15) is 27.2 Å². The molecule has 4 heteroatoms. The molecule has 3 unspecified atom stereocenters. The minimum Gasteiger partial charge on any atom is -0.380 e. The smallest absolute Gasteiger partial charge is 0.239 e. The highest BCUT2D eigenvalue weighted by Crippen LogP contribution is 2.15. The minimum absolute atomic E-state index is 0.0730. The van der Waals surface area contributed by atoms with E-state index in [9.17, 15) is 4.79 Å². The number of amides is 1. The van der Waals surface area contributed by atoms with Gasteiger partial charge in [-0.25, -0.2) is 0 Å². The molecule has 0 aromatic heterocycles. The molecule has 1 N–H and O–H groups in total. The predicted molar refractivity (Wildman–Crippen MR) is 64.3 cm³/mol. The Kier molecular flexibility index (Phi) is 4.74. The first kappa shape index (κ1) is 13.5. The SMILES string of the molecule is COC1CNC(C(=O)N(C)C(C)C(C)C)C1. The zero-order valence-electron chi connectivity index (χ0n) is 11.0. The van der Waals surface area contributed by atoms with Gasteiger partial charge in [0.1, 0.15) is 0 Å². The molecule has 94 valence electrons. The Bertz CT molecular complexity index is 243. The molecule has 0 bridgehead atoms. The Morgan fingerprint density at radius 3 is 2.50 bits per heavy atom. The van der Waals surface area contributed by atoms with E-state index >= 15 is 0 Å². The lowest BCUT2D eigenvalue weighted by molar-refractivity contribution is -0.134. The Morgan fingerprint density at radius 1 is 1.44 bits per heavy atom. The van der Waals surface area contributed by atoms with E-state index in [0.29, 0.717) is 5.92 Å². The third-order valence-corrected chi connectivity index (χ3v) is 3.65. The molecule has 3 atom stereocenters. The molecule has 0 aromatic carbocycles. The monoisotopic (exact) mass is 228 g/mol. The van der Waals surface area contributed by atoms with Crippen molar-refractivity contribution in [2.45, 2.75) is 45.4 Å². The van der Waals surface area contributed by atoms with Gasteiger partial charge >= 0.3 is 0 Å². The number of hydrogen-bond acceptors (Lipinski definition) is 3. The second kappa shape index (κ2) is 5.64. The summed E-state index contributed by atoms with van der Waals surface area (Å²) in [5.74, 6) is 0.661. The second-order valence-electron chi connectivity index (χ2n) is 4.99. The van der Waals surface area contributed by atoms with Crippen LogP contribution >= 0.6 is 0 Å². The summed E-state index contributed by atoms with van der Waals surface area (Å²) in [4.78, 5) is 14.0. The number of carbonyl (C=O) groups excluding carboxylic acids is 1. The number of hydrogen-bond donors (Lipinski definition) is 1. The lowest BCUT2D eigenvalue weighted by Gasteiger charge is -2.30. The van der Waals surface area contributed by atoms with E-state index in [-0.39, 0.29) is 24.1 Å². The summed E-state index contributed by atoms with van der Waals surface area (Å²) in [5.41, 5.74) is 0. The number of carbonyl (C=O) groups is 1. The maximum Gasteiger partial charge on any atom is 0.239 e. The Balaban J connectivity index is 2.52. The van der Waals surface area contributed by atoms with Gasteiger partial charge < -0.3 is 15.0 Å². The maximum atomic E-state index is 12.2. The van der Waals surface area contributed by atoms with Crippen molar-refractivity contribution >= 4 is 5.91 Å². The lowest BCUT2D eigenvalue weighted by Crippen LogP contribution is -2.47. The third kappa shape index (κ3) is 2.95. The first-order valence-electron chi connectivity index (χ1n) is 6.00. The minimum atomic E-state index is -0.0730. The standard InChI is InChI=1S/C12H24N2O2/c1-8(2)9(3)14(4)12(15)11-6-10(16-5)7-13-11/h8-11,13H,6-7H2,1-5H3. The molecule has 1 amide bonds. The largest absolute Gasteiger partial charge is 0.380 e. The zero-order valence-corrected chi connectivity index (χ0v) is 11.0. The molecule has 1 aliphatic heterocycles. The average Bonchev–Trinajstić information content (AvgIpc) is 2.74. The van der Waals surface area contributed by atoms with E-state index in [1.165, 1.54) is 0 Å². The van der Waals surface area contributed by atoms with Crippen LogP contribution in [0.2, 0.25) is 0 Å². The first-order valence-corrected chi connectivity index (χ1v) is 6.00. The van der Waals surface area contributed by atoms with Crippen molar-refractivity contribution in [3.05, 3.63) is 0 Å². The topological polar surface area (TPSA) is 41.6 Å². The summed E-state index contributed by atoms with van der Waals surface area (Å²) in [6, 6.07) is 0.201. The van der Waals surface area contributed by atoms with E-state index in [2.05, 4.69) is 26.1 Å². The van der Waals surface area contributed by atoms with Crippen LogP contribution in [-0.2, 0) is 9.53 Å². The fourth-order valence-electron chi connectivity index (χ4n) is 1.96. The Labute approximate surface area is 98.3 Å². The molecule has 0 aliphatic carbocycles. The highest BCUT2D eigenvalue weighted by atomic mass is 16.5. The van der Waals surface area contributed by atoms with Crippen molar-refractivity contribution in [3.8, 4) is 0 Å². The zero-order chi connectivity index (χ0) is 12.3.